The minimum atomic E-state index is -0.196. The second-order valence-electron chi connectivity index (χ2n) is 5.63. The highest BCUT2D eigenvalue weighted by Gasteiger charge is 2.28. The molecular formula is C17H19NO2. The molecule has 20 heavy (non-hydrogen) atoms. The van der Waals surface area contributed by atoms with E-state index in [-0.39, 0.29) is 12.2 Å². The van der Waals surface area contributed by atoms with Crippen LogP contribution in [0.5, 0.6) is 0 Å². The summed E-state index contributed by atoms with van der Waals surface area (Å²) in [6.45, 7) is 3.93. The van der Waals surface area contributed by atoms with Gasteiger partial charge in [-0.25, -0.2) is 0 Å². The van der Waals surface area contributed by atoms with Crippen molar-refractivity contribution in [3.05, 3.63) is 57.4 Å². The fourth-order valence-electron chi connectivity index (χ4n) is 2.64. The zero-order chi connectivity index (χ0) is 14.3. The van der Waals surface area contributed by atoms with E-state index < -0.39 is 0 Å². The van der Waals surface area contributed by atoms with E-state index >= 15 is 0 Å². The molecule has 1 saturated carbocycles. The second-order valence-corrected chi connectivity index (χ2v) is 5.63. The van der Waals surface area contributed by atoms with Gasteiger partial charge in [0.2, 0.25) is 0 Å². The number of rotatable bonds is 3. The third kappa shape index (κ3) is 2.18. The molecule has 0 saturated heterocycles. The lowest BCUT2D eigenvalue weighted by atomic mass is 10.0. The first kappa shape index (κ1) is 13.1. The molecule has 0 radical (unpaired) electrons. The van der Waals surface area contributed by atoms with Crippen molar-refractivity contribution in [1.82, 2.24) is 4.57 Å². The van der Waals surface area contributed by atoms with Gasteiger partial charge in [-0.1, -0.05) is 17.7 Å². The van der Waals surface area contributed by atoms with Crippen molar-refractivity contribution < 1.29 is 5.11 Å². The van der Waals surface area contributed by atoms with E-state index in [4.69, 9.17) is 0 Å². The summed E-state index contributed by atoms with van der Waals surface area (Å²) in [6, 6.07) is 10.3. The summed E-state index contributed by atoms with van der Waals surface area (Å²) in [5, 5.41) is 9.29. The van der Waals surface area contributed by atoms with E-state index in [0.717, 1.165) is 24.1 Å². The van der Waals surface area contributed by atoms with E-state index in [9.17, 15) is 9.90 Å². The van der Waals surface area contributed by atoms with Gasteiger partial charge < -0.3 is 9.67 Å². The Morgan fingerprint density at radius 1 is 1.20 bits per heavy atom. The van der Waals surface area contributed by atoms with Crippen molar-refractivity contribution in [2.75, 3.05) is 0 Å². The van der Waals surface area contributed by atoms with Crippen molar-refractivity contribution in [3.63, 3.8) is 0 Å². The number of aromatic nitrogens is 1. The van der Waals surface area contributed by atoms with Gasteiger partial charge in [-0.2, -0.15) is 0 Å². The smallest absolute Gasteiger partial charge is 0.256 e. The van der Waals surface area contributed by atoms with Gasteiger partial charge in [0.25, 0.3) is 5.56 Å². The molecule has 1 aromatic carbocycles. The molecular weight excluding hydrogens is 250 g/mol. The number of hydrogen-bond donors (Lipinski definition) is 1. The van der Waals surface area contributed by atoms with E-state index in [0.29, 0.717) is 11.6 Å². The molecule has 0 amide bonds. The van der Waals surface area contributed by atoms with Crippen LogP contribution in [0.3, 0.4) is 0 Å². The minimum Gasteiger partial charge on any atom is -0.391 e. The number of hydrogen-bond acceptors (Lipinski definition) is 2. The molecule has 0 bridgehead atoms. The first-order valence-electron chi connectivity index (χ1n) is 7.04. The Bertz CT molecular complexity index is 711. The molecule has 1 heterocycles. The van der Waals surface area contributed by atoms with E-state index in [1.165, 1.54) is 11.1 Å². The monoisotopic (exact) mass is 269 g/mol. The van der Waals surface area contributed by atoms with E-state index in [1.54, 1.807) is 6.07 Å². The highest BCUT2D eigenvalue weighted by atomic mass is 16.3. The van der Waals surface area contributed by atoms with Gasteiger partial charge >= 0.3 is 0 Å². The lowest BCUT2D eigenvalue weighted by Gasteiger charge is -2.16. The zero-order valence-electron chi connectivity index (χ0n) is 11.9. The van der Waals surface area contributed by atoms with Gasteiger partial charge in [0.1, 0.15) is 0 Å². The van der Waals surface area contributed by atoms with Gasteiger partial charge in [0.15, 0.2) is 0 Å². The predicted octanol–water partition coefficient (Wildman–Crippen LogP) is 2.96. The highest BCUT2D eigenvalue weighted by molar-refractivity contribution is 5.65. The minimum absolute atomic E-state index is 0.0478. The Morgan fingerprint density at radius 3 is 2.60 bits per heavy atom. The average Bonchev–Trinajstić information content (AvgIpc) is 3.25. The second kappa shape index (κ2) is 4.91. The summed E-state index contributed by atoms with van der Waals surface area (Å²) >= 11 is 0. The highest BCUT2D eigenvalue weighted by Crippen LogP contribution is 2.37. The maximum Gasteiger partial charge on any atom is 0.256 e. The molecule has 1 fully saturated rings. The van der Waals surface area contributed by atoms with Crippen LogP contribution in [-0.2, 0) is 6.61 Å². The largest absolute Gasteiger partial charge is 0.391 e. The SMILES string of the molecule is Cc1ccc(C)c(-c2ccc(CO)c(=O)n2C2CC2)c1. The Hall–Kier alpha value is -1.87. The molecule has 0 spiro atoms. The molecule has 3 heteroatoms. The van der Waals surface area contributed by atoms with Crippen LogP contribution in [0.25, 0.3) is 11.3 Å². The maximum absolute atomic E-state index is 12.5. The van der Waals surface area contributed by atoms with Crippen molar-refractivity contribution in [2.45, 2.75) is 39.3 Å². The molecule has 1 N–H and O–H groups in total. The van der Waals surface area contributed by atoms with Crippen LogP contribution in [0.1, 0.15) is 35.6 Å². The van der Waals surface area contributed by atoms with E-state index in [2.05, 4.69) is 32.0 Å². The van der Waals surface area contributed by atoms with Gasteiger partial charge in [-0.05, 0) is 50.5 Å². The normalized spacial score (nSPS) is 14.6. The molecule has 3 rings (SSSR count). The molecule has 1 aromatic heterocycles. The summed E-state index contributed by atoms with van der Waals surface area (Å²) in [4.78, 5) is 12.5. The Labute approximate surface area is 118 Å². The van der Waals surface area contributed by atoms with Crippen molar-refractivity contribution in [2.24, 2.45) is 0 Å². The molecule has 0 unspecified atom stereocenters. The van der Waals surface area contributed by atoms with Crippen LogP contribution < -0.4 is 5.56 Å². The van der Waals surface area contributed by atoms with Gasteiger partial charge in [0.05, 0.1) is 12.3 Å². The van der Waals surface area contributed by atoms with Crippen LogP contribution >= 0.6 is 0 Å². The standard InChI is InChI=1S/C17H19NO2/c1-11-3-4-12(2)15(9-11)16-8-5-13(10-19)17(20)18(16)14-6-7-14/h3-5,8-9,14,19H,6-7,10H2,1-2H3. The first-order valence-corrected chi connectivity index (χ1v) is 7.04. The van der Waals surface area contributed by atoms with Crippen molar-refractivity contribution >= 4 is 0 Å². The maximum atomic E-state index is 12.5. The number of benzene rings is 1. The van der Waals surface area contributed by atoms with E-state index in [1.807, 2.05) is 10.6 Å². The topological polar surface area (TPSA) is 42.2 Å². The predicted molar refractivity (Wildman–Crippen MR) is 79.8 cm³/mol. The molecule has 0 atom stereocenters. The summed E-state index contributed by atoms with van der Waals surface area (Å²) in [5.74, 6) is 0. The summed E-state index contributed by atoms with van der Waals surface area (Å²) in [7, 11) is 0. The van der Waals surface area contributed by atoms with Crippen LogP contribution in [0.4, 0.5) is 0 Å². The molecule has 0 aliphatic heterocycles. The summed E-state index contributed by atoms with van der Waals surface area (Å²) in [5.41, 5.74) is 4.86. The quantitative estimate of drug-likeness (QED) is 0.930. The summed E-state index contributed by atoms with van der Waals surface area (Å²) < 4.78 is 1.87. The van der Waals surface area contributed by atoms with Crippen LogP contribution in [0.15, 0.2) is 35.1 Å². The first-order chi connectivity index (χ1) is 9.61. The molecule has 104 valence electrons. The van der Waals surface area contributed by atoms with Crippen molar-refractivity contribution in [1.29, 1.82) is 0 Å². The number of pyridine rings is 1. The third-order valence-electron chi connectivity index (χ3n) is 3.95. The van der Waals surface area contributed by atoms with Gasteiger partial charge in [-0.15, -0.1) is 0 Å². The van der Waals surface area contributed by atoms with Gasteiger partial charge in [0, 0.05) is 17.2 Å². The zero-order valence-corrected chi connectivity index (χ0v) is 11.9. The molecule has 1 aliphatic rings. The van der Waals surface area contributed by atoms with Crippen LogP contribution in [-0.4, -0.2) is 9.67 Å². The number of aliphatic hydroxyl groups excluding tert-OH is 1. The average molecular weight is 269 g/mol. The Kier molecular flexibility index (Phi) is 3.22. The lowest BCUT2D eigenvalue weighted by molar-refractivity contribution is 0.279. The lowest BCUT2D eigenvalue weighted by Crippen LogP contribution is -2.24. The fraction of sp³-hybridized carbons (Fsp3) is 0.353. The Morgan fingerprint density at radius 2 is 1.95 bits per heavy atom. The van der Waals surface area contributed by atoms with Crippen molar-refractivity contribution in [3.8, 4) is 11.3 Å². The fourth-order valence-corrected chi connectivity index (χ4v) is 2.64. The van der Waals surface area contributed by atoms with Crippen LogP contribution in [0, 0.1) is 13.8 Å². The van der Waals surface area contributed by atoms with Crippen LogP contribution in [0.2, 0.25) is 0 Å². The molecule has 2 aromatic rings. The molecule has 1 aliphatic carbocycles. The third-order valence-corrected chi connectivity index (χ3v) is 3.95. The molecule has 3 nitrogen and oxygen atoms in total. The summed E-state index contributed by atoms with van der Waals surface area (Å²) in [6.07, 6.45) is 2.10. The van der Waals surface area contributed by atoms with Gasteiger partial charge in [-0.3, -0.25) is 4.79 Å². The number of nitrogens with zero attached hydrogens (tertiary/aromatic N) is 1. The Balaban J connectivity index is 2.26. The number of aryl methyl sites for hydroxylation is 2. The number of aliphatic hydroxyl groups is 1.